The van der Waals surface area contributed by atoms with Crippen molar-refractivity contribution in [3.05, 3.63) is 12.1 Å². The summed E-state index contributed by atoms with van der Waals surface area (Å²) in [5.74, 6) is 2.01. The molecule has 0 aromatic carbocycles. The Bertz CT molecular complexity index is 367. The average Bonchev–Trinajstić information content (AvgIpc) is 3.15. The van der Waals surface area contributed by atoms with Gasteiger partial charge in [-0.25, -0.2) is 0 Å². The lowest BCUT2D eigenvalue weighted by Gasteiger charge is -2.09. The number of hydrogen-bond donors (Lipinski definition) is 2. The molecule has 1 aromatic rings. The molecule has 1 heterocycles. The Kier molecular flexibility index (Phi) is 4.03. The van der Waals surface area contributed by atoms with E-state index in [2.05, 4.69) is 10.3 Å². The molecule has 3 N–H and O–H groups in total. The molecule has 1 fully saturated rings. The van der Waals surface area contributed by atoms with Crippen LogP contribution in [0.5, 0.6) is 5.88 Å². The summed E-state index contributed by atoms with van der Waals surface area (Å²) >= 11 is 0. The molecule has 1 aliphatic rings. The van der Waals surface area contributed by atoms with Crippen molar-refractivity contribution in [1.29, 1.82) is 0 Å². The van der Waals surface area contributed by atoms with Crippen LogP contribution in [0.4, 0.5) is 11.5 Å². The molecular weight excluding hydrogens is 218 g/mol. The molecule has 5 heteroatoms. The molecule has 0 atom stereocenters. The lowest BCUT2D eigenvalue weighted by molar-refractivity contribution is 0.134. The van der Waals surface area contributed by atoms with E-state index in [1.807, 2.05) is 0 Å². The van der Waals surface area contributed by atoms with Gasteiger partial charge in [0.05, 0.1) is 19.4 Å². The van der Waals surface area contributed by atoms with Gasteiger partial charge in [-0.05, 0) is 24.8 Å². The predicted octanol–water partition coefficient (Wildman–Crippen LogP) is 1.51. The standard InChI is InChI=1S/C12H19N3O2/c1-16-11-5-4-10(13)12(15-11)14-6-7-17-8-9-2-3-9/h4-5,9H,2-3,6-8,13H2,1H3,(H,14,15). The van der Waals surface area contributed by atoms with Crippen molar-refractivity contribution in [3.8, 4) is 5.88 Å². The van der Waals surface area contributed by atoms with Crippen LogP contribution < -0.4 is 15.8 Å². The number of anilines is 2. The number of nitrogens with one attached hydrogen (secondary N) is 1. The van der Waals surface area contributed by atoms with Crippen molar-refractivity contribution in [2.75, 3.05) is 37.9 Å². The van der Waals surface area contributed by atoms with Gasteiger partial charge in [-0.1, -0.05) is 0 Å². The predicted molar refractivity (Wildman–Crippen MR) is 67.2 cm³/mol. The largest absolute Gasteiger partial charge is 0.481 e. The fraction of sp³-hybridized carbons (Fsp3) is 0.583. The number of aromatic nitrogens is 1. The maximum atomic E-state index is 5.80. The van der Waals surface area contributed by atoms with Crippen molar-refractivity contribution in [2.45, 2.75) is 12.8 Å². The van der Waals surface area contributed by atoms with Gasteiger partial charge in [0.25, 0.3) is 0 Å². The van der Waals surface area contributed by atoms with Crippen LogP contribution in [0, 0.1) is 5.92 Å². The molecule has 5 nitrogen and oxygen atoms in total. The number of nitrogen functional groups attached to an aromatic ring is 1. The van der Waals surface area contributed by atoms with Crippen LogP contribution in [0.3, 0.4) is 0 Å². The summed E-state index contributed by atoms with van der Waals surface area (Å²) in [6, 6.07) is 3.52. The van der Waals surface area contributed by atoms with Crippen LogP contribution in [0.15, 0.2) is 12.1 Å². The summed E-state index contributed by atoms with van der Waals surface area (Å²) in [4.78, 5) is 4.22. The zero-order valence-corrected chi connectivity index (χ0v) is 10.1. The Morgan fingerprint density at radius 2 is 2.29 bits per heavy atom. The van der Waals surface area contributed by atoms with E-state index in [-0.39, 0.29) is 0 Å². The van der Waals surface area contributed by atoms with E-state index in [0.717, 1.165) is 12.5 Å². The van der Waals surface area contributed by atoms with Gasteiger partial charge in [0.15, 0.2) is 5.82 Å². The quantitative estimate of drug-likeness (QED) is 0.703. The van der Waals surface area contributed by atoms with Crippen molar-refractivity contribution in [2.24, 2.45) is 5.92 Å². The highest BCUT2D eigenvalue weighted by Gasteiger charge is 2.20. The van der Waals surface area contributed by atoms with Gasteiger partial charge in [-0.2, -0.15) is 4.98 Å². The summed E-state index contributed by atoms with van der Waals surface area (Å²) in [6.07, 6.45) is 2.63. The lowest BCUT2D eigenvalue weighted by atomic mass is 10.4. The zero-order chi connectivity index (χ0) is 12.1. The van der Waals surface area contributed by atoms with Gasteiger partial charge >= 0.3 is 0 Å². The monoisotopic (exact) mass is 237 g/mol. The second-order valence-corrected chi connectivity index (χ2v) is 4.24. The van der Waals surface area contributed by atoms with E-state index in [1.54, 1.807) is 19.2 Å². The summed E-state index contributed by atoms with van der Waals surface area (Å²) in [5.41, 5.74) is 6.41. The smallest absolute Gasteiger partial charge is 0.215 e. The highest BCUT2D eigenvalue weighted by molar-refractivity contribution is 5.61. The van der Waals surface area contributed by atoms with Crippen LogP contribution >= 0.6 is 0 Å². The lowest BCUT2D eigenvalue weighted by Crippen LogP contribution is -2.13. The van der Waals surface area contributed by atoms with Crippen LogP contribution in [-0.4, -0.2) is 31.9 Å². The molecule has 0 amide bonds. The summed E-state index contributed by atoms with van der Waals surface area (Å²) < 4.78 is 10.6. The molecule has 0 bridgehead atoms. The molecule has 1 aromatic heterocycles. The first kappa shape index (κ1) is 12.0. The minimum atomic E-state index is 0.556. The van der Waals surface area contributed by atoms with Crippen LogP contribution in [-0.2, 0) is 4.74 Å². The van der Waals surface area contributed by atoms with Crippen LogP contribution in [0.25, 0.3) is 0 Å². The maximum Gasteiger partial charge on any atom is 0.215 e. The number of methoxy groups -OCH3 is 1. The van der Waals surface area contributed by atoms with E-state index in [9.17, 15) is 0 Å². The second kappa shape index (κ2) is 5.72. The Hall–Kier alpha value is -1.49. The molecule has 17 heavy (non-hydrogen) atoms. The van der Waals surface area contributed by atoms with Gasteiger partial charge in [0, 0.05) is 19.2 Å². The molecule has 0 unspecified atom stereocenters. The Labute approximate surface area is 101 Å². The van der Waals surface area contributed by atoms with E-state index in [0.29, 0.717) is 30.5 Å². The first-order valence-electron chi connectivity index (χ1n) is 5.91. The first-order chi connectivity index (χ1) is 8.29. The van der Waals surface area contributed by atoms with E-state index in [1.165, 1.54) is 12.8 Å². The summed E-state index contributed by atoms with van der Waals surface area (Å²) in [6.45, 7) is 2.26. The van der Waals surface area contributed by atoms with Gasteiger partial charge in [0.2, 0.25) is 5.88 Å². The molecule has 0 spiro atoms. The number of ether oxygens (including phenoxy) is 2. The molecule has 0 radical (unpaired) electrons. The summed E-state index contributed by atoms with van der Waals surface area (Å²) in [7, 11) is 1.58. The van der Waals surface area contributed by atoms with Crippen molar-refractivity contribution < 1.29 is 9.47 Å². The van der Waals surface area contributed by atoms with Crippen LogP contribution in [0.1, 0.15) is 12.8 Å². The third-order valence-electron chi connectivity index (χ3n) is 2.70. The van der Waals surface area contributed by atoms with Crippen LogP contribution in [0.2, 0.25) is 0 Å². The van der Waals surface area contributed by atoms with Gasteiger partial charge in [-0.15, -0.1) is 0 Å². The average molecular weight is 237 g/mol. The minimum Gasteiger partial charge on any atom is -0.481 e. The van der Waals surface area contributed by atoms with Crippen molar-refractivity contribution in [3.63, 3.8) is 0 Å². The molecule has 94 valence electrons. The molecule has 1 saturated carbocycles. The van der Waals surface area contributed by atoms with E-state index < -0.39 is 0 Å². The van der Waals surface area contributed by atoms with Gasteiger partial charge in [-0.3, -0.25) is 0 Å². The molecule has 1 aliphatic carbocycles. The summed E-state index contributed by atoms with van der Waals surface area (Å²) in [5, 5.41) is 3.14. The Balaban J connectivity index is 1.72. The minimum absolute atomic E-state index is 0.556. The van der Waals surface area contributed by atoms with E-state index in [4.69, 9.17) is 15.2 Å². The van der Waals surface area contributed by atoms with Gasteiger partial charge < -0.3 is 20.5 Å². The number of hydrogen-bond acceptors (Lipinski definition) is 5. The topological polar surface area (TPSA) is 69.4 Å². The molecule has 0 aliphatic heterocycles. The third-order valence-corrected chi connectivity index (χ3v) is 2.70. The molecular formula is C12H19N3O2. The van der Waals surface area contributed by atoms with Crippen molar-refractivity contribution in [1.82, 2.24) is 4.98 Å². The van der Waals surface area contributed by atoms with Gasteiger partial charge in [0.1, 0.15) is 0 Å². The fourth-order valence-corrected chi connectivity index (χ4v) is 1.48. The van der Waals surface area contributed by atoms with E-state index >= 15 is 0 Å². The normalized spacial score (nSPS) is 14.6. The number of nitrogens with zero attached hydrogens (tertiary/aromatic N) is 1. The zero-order valence-electron chi connectivity index (χ0n) is 10.1. The fourth-order valence-electron chi connectivity index (χ4n) is 1.48. The SMILES string of the molecule is COc1ccc(N)c(NCCOCC2CC2)n1. The number of nitrogens with two attached hydrogens (primary N) is 1. The second-order valence-electron chi connectivity index (χ2n) is 4.24. The Morgan fingerprint density at radius 3 is 3.00 bits per heavy atom. The Morgan fingerprint density at radius 1 is 1.47 bits per heavy atom. The molecule has 2 rings (SSSR count). The first-order valence-corrected chi connectivity index (χ1v) is 5.91. The number of pyridine rings is 1. The number of rotatable bonds is 7. The third kappa shape index (κ3) is 3.78. The molecule has 0 saturated heterocycles. The van der Waals surface area contributed by atoms with Crippen molar-refractivity contribution >= 4 is 11.5 Å². The maximum absolute atomic E-state index is 5.80. The highest BCUT2D eigenvalue weighted by atomic mass is 16.5. The highest BCUT2D eigenvalue weighted by Crippen LogP contribution is 2.28.